The highest BCUT2D eigenvalue weighted by molar-refractivity contribution is 6.23. The first-order valence-electron chi connectivity index (χ1n) is 16.7. The minimum atomic E-state index is 0.560. The predicted molar refractivity (Wildman–Crippen MR) is 205 cm³/mol. The maximum Gasteiger partial charge on any atom is 0.238 e. The van der Waals surface area contributed by atoms with Gasteiger partial charge < -0.3 is 4.42 Å². The van der Waals surface area contributed by atoms with Gasteiger partial charge in [-0.05, 0) is 51.9 Å². The molecule has 0 aliphatic rings. The van der Waals surface area contributed by atoms with Gasteiger partial charge in [0.1, 0.15) is 11.2 Å². The van der Waals surface area contributed by atoms with Crippen molar-refractivity contribution in [2.45, 2.75) is 0 Å². The fourth-order valence-corrected chi connectivity index (χ4v) is 7.20. The van der Waals surface area contributed by atoms with E-state index in [-0.39, 0.29) is 0 Å². The Bertz CT molecular complexity index is 2920. The van der Waals surface area contributed by atoms with Gasteiger partial charge >= 0.3 is 0 Å². The number of hydrogen-bond donors (Lipinski definition) is 0. The molecular formula is C45H28N4O. The van der Waals surface area contributed by atoms with Crippen LogP contribution in [0.25, 0.3) is 94.0 Å². The van der Waals surface area contributed by atoms with Crippen LogP contribution < -0.4 is 0 Å². The molecule has 0 radical (unpaired) electrons. The Morgan fingerprint density at radius 1 is 0.340 bits per heavy atom. The van der Waals surface area contributed by atoms with Gasteiger partial charge in [-0.3, -0.25) is 4.57 Å². The second-order valence-corrected chi connectivity index (χ2v) is 12.4. The SMILES string of the molecule is c1ccc(-c2nc(-c3ccccc3)nc(-n3c4ccccc4c4cc5c(cc43)c3ccccc3oc3ccccc3c3ccccc35)n2)cc1. The molecule has 50 heavy (non-hydrogen) atoms. The van der Waals surface area contributed by atoms with Crippen LogP contribution in [0.4, 0.5) is 0 Å². The van der Waals surface area contributed by atoms with Crippen LogP contribution >= 0.6 is 0 Å². The highest BCUT2D eigenvalue weighted by atomic mass is 16.3. The zero-order chi connectivity index (χ0) is 33.0. The summed E-state index contributed by atoms with van der Waals surface area (Å²) in [5.41, 5.74) is 5.50. The number of benzene rings is 7. The lowest BCUT2D eigenvalue weighted by Gasteiger charge is -2.11. The van der Waals surface area contributed by atoms with Crippen molar-refractivity contribution in [1.29, 1.82) is 0 Å². The molecule has 0 bridgehead atoms. The molecule has 0 saturated heterocycles. The summed E-state index contributed by atoms with van der Waals surface area (Å²) in [7, 11) is 0. The van der Waals surface area contributed by atoms with Crippen molar-refractivity contribution in [1.82, 2.24) is 19.5 Å². The summed E-state index contributed by atoms with van der Waals surface area (Å²) in [5, 5.41) is 8.77. The first kappa shape index (κ1) is 28.2. The summed E-state index contributed by atoms with van der Waals surface area (Å²) in [6.45, 7) is 0. The molecule has 0 unspecified atom stereocenters. The van der Waals surface area contributed by atoms with Crippen molar-refractivity contribution >= 4 is 65.3 Å². The molecule has 3 heterocycles. The molecule has 7 aromatic carbocycles. The Morgan fingerprint density at radius 2 is 0.800 bits per heavy atom. The number of rotatable bonds is 3. The van der Waals surface area contributed by atoms with Crippen LogP contribution in [-0.2, 0) is 0 Å². The van der Waals surface area contributed by atoms with Gasteiger partial charge in [-0.2, -0.15) is 9.97 Å². The summed E-state index contributed by atoms with van der Waals surface area (Å²) < 4.78 is 8.93. The Kier molecular flexibility index (Phi) is 6.42. The van der Waals surface area contributed by atoms with E-state index in [1.807, 2.05) is 78.9 Å². The predicted octanol–water partition coefficient (Wildman–Crippen LogP) is 11.6. The lowest BCUT2D eigenvalue weighted by molar-refractivity contribution is 0.663. The fraction of sp³-hybridized carbons (Fsp3) is 0. The van der Waals surface area contributed by atoms with E-state index in [0.717, 1.165) is 76.4 Å². The highest BCUT2D eigenvalue weighted by Gasteiger charge is 2.19. The summed E-state index contributed by atoms with van der Waals surface area (Å²) in [4.78, 5) is 15.3. The third kappa shape index (κ3) is 4.52. The van der Waals surface area contributed by atoms with Gasteiger partial charge in [0.25, 0.3) is 0 Å². The molecule has 3 aromatic heterocycles. The average Bonchev–Trinajstić information content (AvgIpc) is 3.53. The Labute approximate surface area is 287 Å². The van der Waals surface area contributed by atoms with Gasteiger partial charge in [0.2, 0.25) is 5.95 Å². The Morgan fingerprint density at radius 3 is 1.42 bits per heavy atom. The highest BCUT2D eigenvalue weighted by Crippen LogP contribution is 2.39. The number of aromatic nitrogens is 4. The molecule has 0 saturated carbocycles. The lowest BCUT2D eigenvalue weighted by Crippen LogP contribution is -2.06. The molecule has 234 valence electrons. The van der Waals surface area contributed by atoms with Crippen molar-refractivity contribution < 1.29 is 4.42 Å². The first-order valence-corrected chi connectivity index (χ1v) is 16.7. The number of fused-ring (bicyclic) bond motifs is 10. The molecule has 0 spiro atoms. The third-order valence-electron chi connectivity index (χ3n) is 9.49. The minimum Gasteiger partial charge on any atom is -0.456 e. The van der Waals surface area contributed by atoms with E-state index >= 15 is 0 Å². The quantitative estimate of drug-likeness (QED) is 0.193. The number of nitrogens with zero attached hydrogens (tertiary/aromatic N) is 4. The third-order valence-corrected chi connectivity index (χ3v) is 9.49. The molecule has 10 rings (SSSR count). The molecule has 0 aliphatic carbocycles. The van der Waals surface area contributed by atoms with Crippen LogP contribution in [0.15, 0.2) is 174 Å². The van der Waals surface area contributed by atoms with Crippen LogP contribution in [0.3, 0.4) is 0 Å². The van der Waals surface area contributed by atoms with Gasteiger partial charge in [-0.25, -0.2) is 4.98 Å². The zero-order valence-corrected chi connectivity index (χ0v) is 26.9. The molecule has 0 fully saturated rings. The fourth-order valence-electron chi connectivity index (χ4n) is 7.20. The molecule has 5 nitrogen and oxygen atoms in total. The van der Waals surface area contributed by atoms with E-state index in [0.29, 0.717) is 17.6 Å². The van der Waals surface area contributed by atoms with E-state index < -0.39 is 0 Å². The zero-order valence-electron chi connectivity index (χ0n) is 26.9. The summed E-state index contributed by atoms with van der Waals surface area (Å²) >= 11 is 0. The maximum absolute atomic E-state index is 6.75. The van der Waals surface area contributed by atoms with Crippen LogP contribution in [0, 0.1) is 0 Å². The monoisotopic (exact) mass is 640 g/mol. The summed E-state index contributed by atoms with van der Waals surface area (Å²) in [5.74, 6) is 1.80. The lowest BCUT2D eigenvalue weighted by atomic mass is 9.99. The first-order chi connectivity index (χ1) is 24.8. The maximum atomic E-state index is 6.75. The summed E-state index contributed by atoms with van der Waals surface area (Å²) in [6, 6.07) is 58.5. The smallest absolute Gasteiger partial charge is 0.238 e. The van der Waals surface area contributed by atoms with E-state index in [4.69, 9.17) is 19.4 Å². The molecule has 0 aliphatic heterocycles. The van der Waals surface area contributed by atoms with E-state index in [9.17, 15) is 0 Å². The van der Waals surface area contributed by atoms with Gasteiger partial charge in [0, 0.05) is 32.7 Å². The van der Waals surface area contributed by atoms with Crippen molar-refractivity contribution in [3.05, 3.63) is 170 Å². The Balaban J connectivity index is 1.40. The van der Waals surface area contributed by atoms with Crippen molar-refractivity contribution in [2.75, 3.05) is 0 Å². The van der Waals surface area contributed by atoms with E-state index in [1.165, 1.54) is 0 Å². The van der Waals surface area contributed by atoms with Crippen molar-refractivity contribution in [3.8, 4) is 28.7 Å². The van der Waals surface area contributed by atoms with E-state index in [2.05, 4.69) is 95.6 Å². The molecule has 5 heteroatoms. The number of para-hydroxylation sites is 3. The van der Waals surface area contributed by atoms with Crippen LogP contribution in [0.2, 0.25) is 0 Å². The topological polar surface area (TPSA) is 56.7 Å². The van der Waals surface area contributed by atoms with Gasteiger partial charge in [0.15, 0.2) is 11.6 Å². The minimum absolute atomic E-state index is 0.560. The second-order valence-electron chi connectivity index (χ2n) is 12.4. The van der Waals surface area contributed by atoms with Gasteiger partial charge in [0.05, 0.1) is 11.0 Å². The van der Waals surface area contributed by atoms with Gasteiger partial charge in [-0.15, -0.1) is 0 Å². The summed E-state index contributed by atoms with van der Waals surface area (Å²) in [6.07, 6.45) is 0. The van der Waals surface area contributed by atoms with Crippen molar-refractivity contribution in [3.63, 3.8) is 0 Å². The average molecular weight is 641 g/mol. The normalized spacial score (nSPS) is 11.6. The number of hydrogen-bond acceptors (Lipinski definition) is 4. The van der Waals surface area contributed by atoms with Crippen LogP contribution in [0.1, 0.15) is 0 Å². The van der Waals surface area contributed by atoms with E-state index in [1.54, 1.807) is 0 Å². The molecule has 0 amide bonds. The second kappa shape index (κ2) is 11.4. The Hall–Kier alpha value is -6.85. The molecule has 0 atom stereocenters. The van der Waals surface area contributed by atoms with Crippen LogP contribution in [-0.4, -0.2) is 19.5 Å². The molecular weight excluding hydrogens is 613 g/mol. The largest absolute Gasteiger partial charge is 0.456 e. The van der Waals surface area contributed by atoms with Crippen molar-refractivity contribution in [2.24, 2.45) is 0 Å². The van der Waals surface area contributed by atoms with Gasteiger partial charge in [-0.1, -0.05) is 140 Å². The standard InChI is InChI=1S/C45H28N4O/c1-3-15-29(16-4-1)43-46-44(30-17-5-2-6-18-30)48-45(47-43)49-39-24-12-9-21-33(39)38-27-36-32-20-8-7-19-31(32)34-22-10-13-25-41(34)50-42-26-14-11-23-35(42)37(36)28-40(38)49/h1-28H. The molecule has 0 N–H and O–H groups in total. The molecule has 10 aromatic rings. The van der Waals surface area contributed by atoms with Crippen LogP contribution in [0.5, 0.6) is 0 Å².